The lowest BCUT2D eigenvalue weighted by molar-refractivity contribution is -0.152. The second-order valence-corrected chi connectivity index (χ2v) is 3.79. The van der Waals surface area contributed by atoms with Crippen molar-refractivity contribution in [3.05, 3.63) is 23.8 Å². The van der Waals surface area contributed by atoms with Crippen molar-refractivity contribution in [1.29, 1.82) is 0 Å². The zero-order valence-corrected chi connectivity index (χ0v) is 9.42. The Labute approximate surface area is 102 Å². The molecule has 0 radical (unpaired) electrons. The summed E-state index contributed by atoms with van der Waals surface area (Å²) in [7, 11) is 0. The number of aliphatic hydroxyl groups is 1. The van der Waals surface area contributed by atoms with Gasteiger partial charge in [-0.3, -0.25) is 9.59 Å². The highest BCUT2D eigenvalue weighted by molar-refractivity contribution is 6.06. The summed E-state index contributed by atoms with van der Waals surface area (Å²) in [4.78, 5) is 33.9. The summed E-state index contributed by atoms with van der Waals surface area (Å²) in [6.45, 7) is -0.416. The van der Waals surface area contributed by atoms with Gasteiger partial charge in [-0.2, -0.15) is 0 Å². The number of aliphatic carboxylic acids is 2. The summed E-state index contributed by atoms with van der Waals surface area (Å²) >= 11 is 0. The zero-order valence-electron chi connectivity index (χ0n) is 9.42. The Morgan fingerprint density at radius 3 is 2.50 bits per heavy atom. The van der Waals surface area contributed by atoms with E-state index in [9.17, 15) is 14.4 Å². The lowest BCUT2D eigenvalue weighted by Crippen LogP contribution is -2.47. The van der Waals surface area contributed by atoms with E-state index in [1.165, 1.54) is 12.2 Å². The van der Waals surface area contributed by atoms with Gasteiger partial charge >= 0.3 is 11.9 Å². The van der Waals surface area contributed by atoms with Crippen LogP contribution < -0.4 is 5.32 Å². The van der Waals surface area contributed by atoms with Crippen molar-refractivity contribution in [2.75, 3.05) is 13.2 Å². The minimum absolute atomic E-state index is 0.0895. The molecule has 98 valence electrons. The lowest BCUT2D eigenvalue weighted by atomic mass is 9.77. The Morgan fingerprint density at radius 1 is 1.33 bits per heavy atom. The standard InChI is InChI=1S/C11H13NO6/c13-5-4-12-9(16)11(10(17)18)3-1-2-7(6-11)8(14)15/h1-3,13H,4-6H2,(H,12,16)(H,14,15)(H,17,18). The normalized spacial score (nSPS) is 22.2. The summed E-state index contributed by atoms with van der Waals surface area (Å²) in [5, 5.41) is 28.8. The number of carboxylic acids is 2. The van der Waals surface area contributed by atoms with Crippen LogP contribution in [-0.2, 0) is 14.4 Å². The van der Waals surface area contributed by atoms with Gasteiger partial charge in [-0.25, -0.2) is 4.79 Å². The van der Waals surface area contributed by atoms with Crippen LogP contribution in [0.15, 0.2) is 23.8 Å². The maximum Gasteiger partial charge on any atom is 0.331 e. The van der Waals surface area contributed by atoms with Gasteiger partial charge in [0.25, 0.3) is 0 Å². The molecule has 0 heterocycles. The fraction of sp³-hybridized carbons (Fsp3) is 0.364. The molecule has 1 rings (SSSR count). The molecule has 1 aliphatic carbocycles. The summed E-state index contributed by atoms with van der Waals surface area (Å²) in [6.07, 6.45) is 3.21. The monoisotopic (exact) mass is 255 g/mol. The average Bonchev–Trinajstić information content (AvgIpc) is 2.35. The maximum atomic E-state index is 11.8. The third kappa shape index (κ3) is 2.57. The first kappa shape index (κ1) is 13.9. The van der Waals surface area contributed by atoms with Gasteiger partial charge in [0.05, 0.1) is 6.61 Å². The highest BCUT2D eigenvalue weighted by Crippen LogP contribution is 2.32. The van der Waals surface area contributed by atoms with Gasteiger partial charge in [0, 0.05) is 18.5 Å². The summed E-state index contributed by atoms with van der Waals surface area (Å²) in [6, 6.07) is 0. The van der Waals surface area contributed by atoms with Gasteiger partial charge in [-0.05, 0) is 0 Å². The van der Waals surface area contributed by atoms with E-state index < -0.39 is 29.7 Å². The van der Waals surface area contributed by atoms with Crippen molar-refractivity contribution in [1.82, 2.24) is 5.32 Å². The van der Waals surface area contributed by atoms with Crippen molar-refractivity contribution in [3.8, 4) is 0 Å². The number of rotatable bonds is 5. The van der Waals surface area contributed by atoms with E-state index in [1.54, 1.807) is 0 Å². The molecule has 1 aliphatic rings. The Balaban J connectivity index is 3.01. The Morgan fingerprint density at radius 2 is 2.00 bits per heavy atom. The molecule has 1 atom stereocenters. The number of carboxylic acid groups (broad SMARTS) is 2. The van der Waals surface area contributed by atoms with E-state index >= 15 is 0 Å². The zero-order chi connectivity index (χ0) is 13.8. The van der Waals surface area contributed by atoms with Crippen molar-refractivity contribution in [3.63, 3.8) is 0 Å². The predicted octanol–water partition coefficient (Wildman–Crippen LogP) is -0.863. The van der Waals surface area contributed by atoms with Crippen LogP contribution in [0.3, 0.4) is 0 Å². The molecule has 0 aliphatic heterocycles. The van der Waals surface area contributed by atoms with E-state index in [0.717, 1.165) is 6.08 Å². The summed E-state index contributed by atoms with van der Waals surface area (Å²) in [5.74, 6) is -3.53. The first-order valence-electron chi connectivity index (χ1n) is 5.18. The molecule has 1 unspecified atom stereocenters. The van der Waals surface area contributed by atoms with Gasteiger partial charge in [0.1, 0.15) is 0 Å². The predicted molar refractivity (Wildman–Crippen MR) is 59.6 cm³/mol. The van der Waals surface area contributed by atoms with Crippen LogP contribution in [-0.4, -0.2) is 46.3 Å². The van der Waals surface area contributed by atoms with Crippen molar-refractivity contribution < 1.29 is 29.7 Å². The lowest BCUT2D eigenvalue weighted by Gasteiger charge is -2.27. The van der Waals surface area contributed by atoms with Crippen LogP contribution >= 0.6 is 0 Å². The number of carbonyl (C=O) groups is 3. The molecular weight excluding hydrogens is 242 g/mol. The SMILES string of the molecule is O=C(O)C1=CC=CC(C(=O)O)(C(=O)NCCO)C1. The highest BCUT2D eigenvalue weighted by Gasteiger charge is 2.46. The van der Waals surface area contributed by atoms with Crippen molar-refractivity contribution in [2.24, 2.45) is 5.41 Å². The number of nitrogens with one attached hydrogen (secondary N) is 1. The fourth-order valence-electron chi connectivity index (χ4n) is 1.62. The first-order valence-corrected chi connectivity index (χ1v) is 5.18. The van der Waals surface area contributed by atoms with Gasteiger partial charge in [0.2, 0.25) is 5.91 Å². The average molecular weight is 255 g/mol. The van der Waals surface area contributed by atoms with Crippen molar-refractivity contribution >= 4 is 17.8 Å². The van der Waals surface area contributed by atoms with Crippen molar-refractivity contribution in [2.45, 2.75) is 6.42 Å². The topological polar surface area (TPSA) is 124 Å². The largest absolute Gasteiger partial charge is 0.480 e. The molecule has 18 heavy (non-hydrogen) atoms. The molecule has 0 aromatic rings. The van der Waals surface area contributed by atoms with Crippen LogP contribution in [0.2, 0.25) is 0 Å². The summed E-state index contributed by atoms with van der Waals surface area (Å²) < 4.78 is 0. The quantitative estimate of drug-likeness (QED) is 0.474. The molecule has 0 aromatic heterocycles. The fourth-order valence-corrected chi connectivity index (χ4v) is 1.62. The highest BCUT2D eigenvalue weighted by atomic mass is 16.4. The third-order valence-electron chi connectivity index (χ3n) is 2.61. The van der Waals surface area contributed by atoms with Gasteiger partial charge in [-0.1, -0.05) is 18.2 Å². The second kappa shape index (κ2) is 5.46. The van der Waals surface area contributed by atoms with E-state index in [2.05, 4.69) is 5.32 Å². The number of hydrogen-bond donors (Lipinski definition) is 4. The number of carbonyl (C=O) groups excluding carboxylic acids is 1. The molecule has 0 saturated carbocycles. The van der Waals surface area contributed by atoms with Crippen LogP contribution in [0.25, 0.3) is 0 Å². The minimum atomic E-state index is -1.93. The van der Waals surface area contributed by atoms with Gasteiger partial charge in [0.15, 0.2) is 5.41 Å². The van der Waals surface area contributed by atoms with E-state index in [-0.39, 0.29) is 18.7 Å². The number of hydrogen-bond acceptors (Lipinski definition) is 4. The molecular formula is C11H13NO6. The van der Waals surface area contributed by atoms with Crippen LogP contribution in [0, 0.1) is 5.41 Å². The molecule has 7 nitrogen and oxygen atoms in total. The second-order valence-electron chi connectivity index (χ2n) is 3.79. The molecule has 0 spiro atoms. The van der Waals surface area contributed by atoms with Crippen LogP contribution in [0.5, 0.6) is 0 Å². The third-order valence-corrected chi connectivity index (χ3v) is 2.61. The minimum Gasteiger partial charge on any atom is -0.480 e. The van der Waals surface area contributed by atoms with Gasteiger partial charge in [-0.15, -0.1) is 0 Å². The molecule has 0 aromatic carbocycles. The molecule has 7 heteroatoms. The molecule has 0 bridgehead atoms. The number of allylic oxidation sites excluding steroid dienone is 2. The van der Waals surface area contributed by atoms with E-state index in [1.807, 2.05) is 0 Å². The maximum absolute atomic E-state index is 11.8. The van der Waals surface area contributed by atoms with Gasteiger partial charge < -0.3 is 20.6 Å². The molecule has 4 N–H and O–H groups in total. The smallest absolute Gasteiger partial charge is 0.331 e. The molecule has 0 saturated heterocycles. The Bertz CT molecular complexity index is 439. The molecule has 0 fully saturated rings. The van der Waals surface area contributed by atoms with E-state index in [0.29, 0.717) is 0 Å². The number of amides is 1. The first-order chi connectivity index (χ1) is 8.44. The summed E-state index contributed by atoms with van der Waals surface area (Å²) in [5.41, 5.74) is -2.09. The number of aliphatic hydroxyl groups excluding tert-OH is 1. The molecule has 1 amide bonds. The Kier molecular flexibility index (Phi) is 4.22. The van der Waals surface area contributed by atoms with Crippen LogP contribution in [0.1, 0.15) is 6.42 Å². The van der Waals surface area contributed by atoms with E-state index in [4.69, 9.17) is 15.3 Å². The Hall–Kier alpha value is -2.15. The van der Waals surface area contributed by atoms with Crippen LogP contribution in [0.4, 0.5) is 0 Å².